The largest absolute Gasteiger partial charge is 0.480 e. The van der Waals surface area contributed by atoms with Crippen LogP contribution in [0.2, 0.25) is 0 Å². The molecule has 2 amide bonds. The highest BCUT2D eigenvalue weighted by atomic mass is 16.4. The molecular formula is C9H17N3O4. The maximum absolute atomic E-state index is 12.1. The molecule has 0 rings (SSSR count). The van der Waals surface area contributed by atoms with Crippen LogP contribution in [0.5, 0.6) is 0 Å². The van der Waals surface area contributed by atoms with Crippen LogP contribution in [-0.2, 0) is 14.4 Å². The molecule has 0 bridgehead atoms. The first-order valence-corrected chi connectivity index (χ1v) is 4.04. The number of carboxylic acids is 1. The fourth-order valence-electron chi connectivity index (χ4n) is 0.523. The normalized spacial score (nSPS) is 28.6. The van der Waals surface area contributed by atoms with Crippen molar-refractivity contribution < 1.29 is 30.5 Å². The van der Waals surface area contributed by atoms with Crippen LogP contribution in [0.4, 0.5) is 0 Å². The zero-order valence-electron chi connectivity index (χ0n) is 16.3. The summed E-state index contributed by atoms with van der Waals surface area (Å²) in [5.74, 6) is -5.54. The number of amides is 2. The lowest BCUT2D eigenvalue weighted by atomic mass is 10.2. The van der Waals surface area contributed by atoms with Crippen molar-refractivity contribution >= 4 is 17.8 Å². The van der Waals surface area contributed by atoms with Crippen molar-refractivity contribution in [3.05, 3.63) is 0 Å². The highest BCUT2D eigenvalue weighted by Gasteiger charge is 2.21. The van der Waals surface area contributed by atoms with E-state index in [4.69, 9.17) is 21.8 Å². The Labute approximate surface area is 105 Å². The molecule has 3 atom stereocenters. The highest BCUT2D eigenvalue weighted by Crippen LogP contribution is 1.88. The Morgan fingerprint density at radius 3 is 2.12 bits per heavy atom. The number of aliphatic carboxylic acids is 1. The monoisotopic (exact) mass is 239 g/mol. The molecule has 92 valence electrons. The van der Waals surface area contributed by atoms with E-state index in [-0.39, 0.29) is 0 Å². The molecule has 0 spiro atoms. The molecular weight excluding hydrogens is 214 g/mol. The molecule has 7 heteroatoms. The van der Waals surface area contributed by atoms with E-state index in [9.17, 15) is 14.4 Å². The van der Waals surface area contributed by atoms with E-state index in [1.54, 1.807) is 0 Å². The summed E-state index contributed by atoms with van der Waals surface area (Å²) >= 11 is 0. The Balaban J connectivity index is 5.89. The summed E-state index contributed by atoms with van der Waals surface area (Å²) in [5, 5.41) is 11.6. The third-order valence-electron chi connectivity index (χ3n) is 1.34. The molecule has 0 saturated carbocycles. The first-order chi connectivity index (χ1) is 10.4. The van der Waals surface area contributed by atoms with Crippen molar-refractivity contribution in [1.82, 2.24) is 10.6 Å². The second-order valence-corrected chi connectivity index (χ2v) is 2.79. The van der Waals surface area contributed by atoms with Gasteiger partial charge in [-0.25, -0.2) is 0 Å². The molecule has 0 unspecified atom stereocenters. The maximum atomic E-state index is 12.1. The summed E-state index contributed by atoms with van der Waals surface area (Å²) in [6.45, 7) is -5.98. The van der Waals surface area contributed by atoms with Gasteiger partial charge in [-0.2, -0.15) is 0 Å². The summed E-state index contributed by atoms with van der Waals surface area (Å²) in [7, 11) is 0. The smallest absolute Gasteiger partial charge is 0.325 e. The van der Waals surface area contributed by atoms with Crippen LogP contribution in [0.25, 0.3) is 0 Å². The second kappa shape index (κ2) is 6.06. The first-order valence-electron chi connectivity index (χ1n) is 8.04. The molecule has 0 aliphatic heterocycles. The minimum absolute atomic E-state index is 1.13. The Kier molecular flexibility index (Phi) is 2.13. The van der Waals surface area contributed by atoms with Crippen molar-refractivity contribution in [2.24, 2.45) is 5.73 Å². The molecule has 0 aromatic heterocycles. The molecule has 0 aliphatic rings. The number of nitrogens with two attached hydrogens (primary N) is 1. The lowest BCUT2D eigenvalue weighted by Gasteiger charge is -2.17. The van der Waals surface area contributed by atoms with Crippen molar-refractivity contribution in [1.29, 1.82) is 0 Å². The second-order valence-electron chi connectivity index (χ2n) is 2.79. The topological polar surface area (TPSA) is 122 Å². The van der Waals surface area contributed by atoms with Crippen molar-refractivity contribution in [3.63, 3.8) is 0 Å². The summed E-state index contributed by atoms with van der Waals surface area (Å²) in [6.07, 6.45) is 0. The number of carboxylic acid groups (broad SMARTS) is 1. The number of hydrogen-bond acceptors (Lipinski definition) is 4. The van der Waals surface area contributed by atoms with E-state index in [1.807, 2.05) is 0 Å². The van der Waals surface area contributed by atoms with Crippen molar-refractivity contribution in [3.8, 4) is 0 Å². The predicted molar refractivity (Wildman–Crippen MR) is 56.5 cm³/mol. The van der Waals surface area contributed by atoms with Gasteiger partial charge in [0.2, 0.25) is 11.8 Å². The van der Waals surface area contributed by atoms with Crippen molar-refractivity contribution in [2.75, 3.05) is 0 Å². The minimum Gasteiger partial charge on any atom is -0.480 e. The zero-order valence-corrected chi connectivity index (χ0v) is 8.33. The lowest BCUT2D eigenvalue weighted by Crippen LogP contribution is -2.52. The van der Waals surface area contributed by atoms with Gasteiger partial charge >= 0.3 is 5.97 Å². The maximum Gasteiger partial charge on any atom is 0.325 e. The molecule has 0 heterocycles. The fourth-order valence-corrected chi connectivity index (χ4v) is 0.523. The van der Waals surface area contributed by atoms with Gasteiger partial charge < -0.3 is 21.5 Å². The Hall–Kier alpha value is -1.63. The molecule has 0 saturated heterocycles. The van der Waals surface area contributed by atoms with E-state index < -0.39 is 49.6 Å². The van der Waals surface area contributed by atoms with Crippen LogP contribution in [0.3, 0.4) is 0 Å². The number of nitrogens with one attached hydrogen (secondary N) is 2. The lowest BCUT2D eigenvalue weighted by molar-refractivity contribution is -0.141. The number of hydrogen-bond donors (Lipinski definition) is 4. The van der Waals surface area contributed by atoms with Gasteiger partial charge in [-0.3, -0.25) is 14.4 Å². The van der Waals surface area contributed by atoms with Crippen LogP contribution < -0.4 is 16.4 Å². The summed E-state index contributed by atoms with van der Waals surface area (Å²) < 4.78 is 57.8. The van der Waals surface area contributed by atoms with Gasteiger partial charge in [-0.05, 0) is 20.6 Å². The highest BCUT2D eigenvalue weighted by molar-refractivity contribution is 5.91. The van der Waals surface area contributed by atoms with Gasteiger partial charge in [0.15, 0.2) is 0 Å². The van der Waals surface area contributed by atoms with Crippen molar-refractivity contribution in [2.45, 2.75) is 38.7 Å². The summed E-state index contributed by atoms with van der Waals surface area (Å²) in [4.78, 5) is 34.7. The van der Waals surface area contributed by atoms with Gasteiger partial charge in [0.25, 0.3) is 0 Å². The first kappa shape index (κ1) is 5.62. The summed E-state index contributed by atoms with van der Waals surface area (Å²) in [6, 6.07) is -8.39. The van der Waals surface area contributed by atoms with Crippen LogP contribution in [0.15, 0.2) is 0 Å². The fraction of sp³-hybridized carbons (Fsp3) is 0.667. The van der Waals surface area contributed by atoms with Gasteiger partial charge in [0.1, 0.15) is 12.0 Å². The molecule has 5 N–H and O–H groups in total. The molecule has 0 aromatic rings. The Morgan fingerprint density at radius 2 is 1.75 bits per heavy atom. The minimum atomic E-state index is -3.62. The van der Waals surface area contributed by atoms with E-state index in [1.165, 1.54) is 10.6 Å². The van der Waals surface area contributed by atoms with Crippen LogP contribution in [0.1, 0.15) is 31.6 Å². The molecule has 16 heavy (non-hydrogen) atoms. The van der Waals surface area contributed by atoms with Gasteiger partial charge in [-0.15, -0.1) is 0 Å². The third kappa shape index (κ3) is 4.74. The van der Waals surface area contributed by atoms with E-state index in [2.05, 4.69) is 0 Å². The Morgan fingerprint density at radius 1 is 1.25 bits per heavy atom. The quantitative estimate of drug-likeness (QED) is 0.461. The molecule has 0 aliphatic carbocycles. The molecule has 0 fully saturated rings. The van der Waals surface area contributed by atoms with Crippen LogP contribution in [-0.4, -0.2) is 41.0 Å². The SMILES string of the molecule is [2H]C([2H])([2H])[C@]([2H])(NC(=O)[C@@]([2H])(NC(=O)[C@H](C)N)C([2H])([2H])[2H])C(=O)O. The predicted octanol–water partition coefficient (Wildman–Crippen LogP) is -1.57. The van der Waals surface area contributed by atoms with Gasteiger partial charge in [0, 0.05) is 8.22 Å². The van der Waals surface area contributed by atoms with Crippen LogP contribution >= 0.6 is 0 Å². The van der Waals surface area contributed by atoms with Gasteiger partial charge in [0.05, 0.1) is 8.78 Å². The molecule has 0 radical (unpaired) electrons. The van der Waals surface area contributed by atoms with E-state index in [0.717, 1.165) is 6.92 Å². The van der Waals surface area contributed by atoms with E-state index in [0.29, 0.717) is 0 Å². The standard InChI is InChI=1S/C9H17N3O4/c1-4(10)7(13)11-5(2)8(14)12-6(3)9(15)16/h4-6H,10H2,1-3H3,(H,11,13)(H,12,14)(H,15,16)/t4-,5-,6-/m0/s1/i2D3,3D3,5D,6D. The Bertz CT molecular complexity index is 534. The van der Waals surface area contributed by atoms with E-state index >= 15 is 0 Å². The summed E-state index contributed by atoms with van der Waals surface area (Å²) in [5.41, 5.74) is 5.20. The number of carbonyl (C=O) groups is 3. The average Bonchev–Trinajstić information content (AvgIpc) is 2.34. The average molecular weight is 239 g/mol. The number of carbonyl (C=O) groups excluding carboxylic acids is 2. The van der Waals surface area contributed by atoms with Crippen LogP contribution in [0, 0.1) is 0 Å². The molecule has 0 aromatic carbocycles. The zero-order chi connectivity index (χ0) is 19.7. The number of rotatable bonds is 5. The third-order valence-corrected chi connectivity index (χ3v) is 1.34. The molecule has 7 nitrogen and oxygen atoms in total. The van der Waals surface area contributed by atoms with Gasteiger partial charge in [-0.1, -0.05) is 0 Å².